The monoisotopic (exact) mass is 780 g/mol. The van der Waals surface area contributed by atoms with Gasteiger partial charge in [-0.25, -0.2) is 4.79 Å². The second kappa shape index (κ2) is 23.1. The number of fused-ring (bicyclic) bond motifs is 1. The van der Waals surface area contributed by atoms with Crippen LogP contribution in [0.15, 0.2) is 65.5 Å². The molecule has 2 fully saturated rings. The summed E-state index contributed by atoms with van der Waals surface area (Å²) in [7, 11) is 4.13. The number of carboxylic acid groups (broad SMARTS) is 1. The van der Waals surface area contributed by atoms with Crippen molar-refractivity contribution < 1.29 is 57.2 Å². The van der Waals surface area contributed by atoms with E-state index in [1.807, 2.05) is 24.3 Å². The fourth-order valence-electron chi connectivity index (χ4n) is 6.75. The minimum atomic E-state index is -0.976. The molecule has 1 aromatic carbocycles. The van der Waals surface area contributed by atoms with Crippen molar-refractivity contribution in [1.82, 2.24) is 14.8 Å². The zero-order valence-electron chi connectivity index (χ0n) is 31.0. The summed E-state index contributed by atoms with van der Waals surface area (Å²) in [5.74, 6) is 0.336. The molecule has 11 heteroatoms. The molecule has 1 aliphatic heterocycles. The van der Waals surface area contributed by atoms with Gasteiger partial charge in [0.05, 0.1) is 17.7 Å². The van der Waals surface area contributed by atoms with Gasteiger partial charge in [-0.1, -0.05) is 75.6 Å². The van der Waals surface area contributed by atoms with Crippen LogP contribution in [0.3, 0.4) is 0 Å². The van der Waals surface area contributed by atoms with Crippen LogP contribution in [0.2, 0.25) is 0 Å². The number of pyridine rings is 1. The number of nitrogens with zero attached hydrogens (tertiary/aromatic N) is 2. The SMILES string of the molecule is C=CC1=C(C=C)CC([C@H]([NH-])C(=O)N2CCCC2C(=O)O)C1.CCO.CN(C)CCCOc1c(CCCCCC2CC2)c(=O)[nH]c2ccccc12.[Y]. The number of amides is 1. The van der Waals surface area contributed by atoms with Crippen LogP contribution in [0.25, 0.3) is 16.6 Å². The summed E-state index contributed by atoms with van der Waals surface area (Å²) < 4.78 is 6.14. The Hall–Kier alpha value is -2.63. The summed E-state index contributed by atoms with van der Waals surface area (Å²) in [6.07, 6.45) is 15.5. The predicted octanol–water partition coefficient (Wildman–Crippen LogP) is 6.93. The van der Waals surface area contributed by atoms with Gasteiger partial charge >= 0.3 is 5.97 Å². The maximum absolute atomic E-state index is 12.6. The van der Waals surface area contributed by atoms with Crippen molar-refractivity contribution in [1.29, 1.82) is 0 Å². The molecule has 279 valence electrons. The van der Waals surface area contributed by atoms with Crippen LogP contribution >= 0.6 is 0 Å². The number of rotatable bonds is 16. The van der Waals surface area contributed by atoms with E-state index in [0.717, 1.165) is 65.1 Å². The first-order valence-electron chi connectivity index (χ1n) is 18.3. The van der Waals surface area contributed by atoms with Crippen molar-refractivity contribution in [2.45, 2.75) is 96.1 Å². The van der Waals surface area contributed by atoms with Crippen LogP contribution in [0.5, 0.6) is 5.75 Å². The van der Waals surface area contributed by atoms with Crippen LogP contribution in [0, 0.1) is 11.8 Å². The van der Waals surface area contributed by atoms with Gasteiger partial charge in [-0.3, -0.25) is 9.59 Å². The van der Waals surface area contributed by atoms with E-state index in [1.165, 1.54) is 37.0 Å². The number of benzene rings is 1. The van der Waals surface area contributed by atoms with Crippen LogP contribution < -0.4 is 10.3 Å². The molecule has 0 spiro atoms. The molecule has 5 rings (SSSR count). The molecule has 2 heterocycles. The summed E-state index contributed by atoms with van der Waals surface area (Å²) in [5, 5.41) is 17.7. The third-order valence-electron chi connectivity index (χ3n) is 9.63. The number of carbonyl (C=O) groups is 2. The molecule has 2 atom stereocenters. The number of para-hydroxylation sites is 1. The van der Waals surface area contributed by atoms with Gasteiger partial charge in [-0.05, 0) is 101 Å². The molecule has 2 aromatic rings. The Morgan fingerprint density at radius 2 is 1.73 bits per heavy atom. The van der Waals surface area contributed by atoms with Gasteiger partial charge in [0.25, 0.3) is 5.56 Å². The molecule has 1 radical (unpaired) electrons. The van der Waals surface area contributed by atoms with Gasteiger partial charge < -0.3 is 35.5 Å². The van der Waals surface area contributed by atoms with Gasteiger partial charge in [0.1, 0.15) is 11.8 Å². The second-order valence-corrected chi connectivity index (χ2v) is 13.8. The van der Waals surface area contributed by atoms with Crippen LogP contribution in [0.1, 0.15) is 83.1 Å². The van der Waals surface area contributed by atoms with Crippen molar-refractivity contribution in [3.63, 3.8) is 0 Å². The van der Waals surface area contributed by atoms with Crippen molar-refractivity contribution in [2.75, 3.05) is 40.4 Å². The first-order valence-corrected chi connectivity index (χ1v) is 18.3. The fraction of sp³-hybridized carbons (Fsp3) is 0.575. The maximum atomic E-state index is 12.6. The molecule has 51 heavy (non-hydrogen) atoms. The largest absolute Gasteiger partial charge is 0.667 e. The standard InChI is InChI=1S/C22H32N2O2.C16H21N2O3.C2H6O.Y/c1-24(2)15-8-16-26-21-18-10-6-7-12-20(18)23-22(25)19(21)11-5-3-4-9-17-13-14-17;1-3-10-8-12(9-11(10)4-2)14(17)15(19)18-7-5-6-13(18)16(20)21;1-2-3;/h6-7,10,12,17H,3-5,8-9,11,13-16H2,1-2H3,(H,23,25);3-4,12-14,17H,1-2,5-9H2,(H,20,21);3H,2H2,1H3;/q;-1;;/t;13?,14-;;/m.0../s1. The van der Waals surface area contributed by atoms with Crippen molar-refractivity contribution in [3.8, 4) is 5.75 Å². The smallest absolute Gasteiger partial charge is 0.326 e. The fourth-order valence-corrected chi connectivity index (χ4v) is 6.75. The minimum Gasteiger partial charge on any atom is -0.667 e. The summed E-state index contributed by atoms with van der Waals surface area (Å²) >= 11 is 0. The zero-order valence-corrected chi connectivity index (χ0v) is 33.8. The molecule has 1 aromatic heterocycles. The quantitative estimate of drug-likeness (QED) is 0.157. The van der Waals surface area contributed by atoms with E-state index in [1.54, 1.807) is 19.1 Å². The van der Waals surface area contributed by atoms with Crippen LogP contribution in [-0.2, 0) is 48.7 Å². The number of allylic oxidation sites excluding steroid dienone is 4. The van der Waals surface area contributed by atoms with E-state index >= 15 is 0 Å². The summed E-state index contributed by atoms with van der Waals surface area (Å²) in [5.41, 5.74) is 12.0. The summed E-state index contributed by atoms with van der Waals surface area (Å²) in [6.45, 7) is 11.5. The normalized spacial score (nSPS) is 17.6. The molecule has 1 amide bonds. The number of H-pyrrole nitrogens is 1. The van der Waals surface area contributed by atoms with E-state index in [4.69, 9.17) is 20.7 Å². The van der Waals surface area contributed by atoms with Crippen LogP contribution in [0.4, 0.5) is 0 Å². The van der Waals surface area contributed by atoms with Crippen molar-refractivity contribution in [2.24, 2.45) is 11.8 Å². The average Bonchev–Trinajstić information content (AvgIpc) is 3.60. The molecule has 1 unspecified atom stereocenters. The Balaban J connectivity index is 0.000000328. The van der Waals surface area contributed by atoms with Gasteiger partial charge in [0.15, 0.2) is 0 Å². The second-order valence-electron chi connectivity index (χ2n) is 13.8. The minimum absolute atomic E-state index is 0. The molecule has 4 N–H and O–H groups in total. The number of aliphatic hydroxyl groups is 1. The van der Waals surface area contributed by atoms with Gasteiger partial charge in [-0.15, -0.1) is 0 Å². The van der Waals surface area contributed by atoms with E-state index in [9.17, 15) is 14.4 Å². The molecule has 3 aliphatic rings. The first-order chi connectivity index (χ1) is 24.1. The number of aliphatic hydroxyl groups excluding tert-OH is 1. The number of aliphatic carboxylic acids is 1. The predicted molar refractivity (Wildman–Crippen MR) is 202 cm³/mol. The van der Waals surface area contributed by atoms with Gasteiger partial charge in [-0.2, -0.15) is 0 Å². The number of carboxylic acids is 1. The molecule has 1 saturated carbocycles. The number of hydrogen-bond acceptors (Lipinski definition) is 6. The zero-order chi connectivity index (χ0) is 36.6. The Morgan fingerprint density at radius 1 is 1.08 bits per heavy atom. The van der Waals surface area contributed by atoms with Gasteiger partial charge in [0, 0.05) is 57.8 Å². The number of ether oxygens (including phenoxy) is 1. The summed E-state index contributed by atoms with van der Waals surface area (Å²) in [6, 6.07) is 6.26. The maximum Gasteiger partial charge on any atom is 0.326 e. The van der Waals surface area contributed by atoms with E-state index in [-0.39, 0.29) is 56.7 Å². The van der Waals surface area contributed by atoms with Crippen molar-refractivity contribution >= 4 is 22.8 Å². The number of carbonyl (C=O) groups excluding carboxylic acids is 1. The molecule has 10 nitrogen and oxygen atoms in total. The van der Waals surface area contributed by atoms with E-state index in [2.05, 4.69) is 37.1 Å². The molecular formula is C40H59N4O6Y-. The van der Waals surface area contributed by atoms with E-state index in [0.29, 0.717) is 38.8 Å². The molecule has 0 bridgehead atoms. The number of unbranched alkanes of at least 4 members (excludes halogenated alkanes) is 2. The summed E-state index contributed by atoms with van der Waals surface area (Å²) in [4.78, 5) is 42.8. The Labute approximate surface area is 329 Å². The Bertz CT molecular complexity index is 1500. The molecule has 1 saturated heterocycles. The van der Waals surface area contributed by atoms with E-state index < -0.39 is 18.1 Å². The number of hydrogen-bond donors (Lipinski definition) is 3. The number of likely N-dealkylation sites (tertiary alicyclic amines) is 1. The Kier molecular flexibility index (Phi) is 20.2. The molecular weight excluding hydrogens is 721 g/mol. The number of nitrogens with one attached hydrogen (secondary N) is 2. The van der Waals surface area contributed by atoms with Gasteiger partial charge in [0.2, 0.25) is 5.91 Å². The third-order valence-corrected chi connectivity index (χ3v) is 9.63. The Morgan fingerprint density at radius 3 is 2.31 bits per heavy atom. The topological polar surface area (TPSA) is 147 Å². The molecule has 2 aliphatic carbocycles. The van der Waals surface area contributed by atoms with Crippen LogP contribution in [-0.4, -0.2) is 89.4 Å². The average molecular weight is 781 g/mol. The third kappa shape index (κ3) is 13.7. The number of aromatic amines is 1. The number of aromatic nitrogens is 1. The van der Waals surface area contributed by atoms with Crippen molar-refractivity contribution in [3.05, 3.63) is 82.4 Å². The first kappa shape index (κ1) is 44.5.